The highest BCUT2D eigenvalue weighted by atomic mass is 16.8. The van der Waals surface area contributed by atoms with Crippen molar-refractivity contribution in [2.45, 2.75) is 136 Å². The molecule has 0 aromatic heterocycles. The summed E-state index contributed by atoms with van der Waals surface area (Å²) >= 11 is 0. The molecule has 0 unspecified atom stereocenters. The molecule has 5 aliphatic carbocycles. The Morgan fingerprint density at radius 1 is 0.857 bits per heavy atom. The number of hydrogen-bond acceptors (Lipinski definition) is 5. The summed E-state index contributed by atoms with van der Waals surface area (Å²) < 4.78 is 13.6. The number of hydrogen-bond donors (Lipinski definition) is 3. The number of ether oxygens (including phenoxy) is 2. The number of rotatable bonds is 1. The van der Waals surface area contributed by atoms with Crippen molar-refractivity contribution in [2.24, 2.45) is 50.7 Å². The number of aliphatic hydroxyl groups is 3. The minimum atomic E-state index is -1.01. The van der Waals surface area contributed by atoms with Crippen molar-refractivity contribution < 1.29 is 24.8 Å². The van der Waals surface area contributed by atoms with Crippen molar-refractivity contribution in [1.29, 1.82) is 0 Å². The molecule has 2 heterocycles. The Morgan fingerprint density at radius 2 is 1.51 bits per heavy atom. The monoisotopic (exact) mass is 488 g/mol. The van der Waals surface area contributed by atoms with Gasteiger partial charge >= 0.3 is 0 Å². The summed E-state index contributed by atoms with van der Waals surface area (Å²) in [6, 6.07) is 0. The molecule has 0 radical (unpaired) electrons. The van der Waals surface area contributed by atoms with E-state index in [0.717, 1.165) is 38.5 Å². The van der Waals surface area contributed by atoms with E-state index in [0.29, 0.717) is 23.2 Å². The molecule has 2 saturated heterocycles. The molecule has 2 aliphatic heterocycles. The molecule has 2 bridgehead atoms. The van der Waals surface area contributed by atoms with E-state index in [4.69, 9.17) is 9.47 Å². The highest BCUT2D eigenvalue weighted by Crippen LogP contribution is 2.90. The standard InChI is InChI=1S/C30H48O5/c1-16-14-17-22(25(4,5)33)35-30(34-17)21(16)26(6)12-13-29-15-28(29)11-10-20(31)24(2,3)18(28)8-9-19(29)27(26,7)23(30)32/h16-23,31-33H,8-15H2,1-7H3/t16-,17-,18+,19+,20+,21-,22-,23+,26-,27-,28-,29+,30+/m1/s1. The molecule has 5 saturated carbocycles. The molecule has 7 rings (SSSR count). The van der Waals surface area contributed by atoms with Crippen molar-refractivity contribution in [2.75, 3.05) is 0 Å². The molecule has 5 heteroatoms. The second-order valence-corrected chi connectivity index (χ2v) is 15.9. The summed E-state index contributed by atoms with van der Waals surface area (Å²) in [4.78, 5) is 0. The second-order valence-electron chi connectivity index (χ2n) is 15.9. The first-order chi connectivity index (χ1) is 16.1. The van der Waals surface area contributed by atoms with Crippen LogP contribution >= 0.6 is 0 Å². The van der Waals surface area contributed by atoms with Gasteiger partial charge in [0.05, 0.1) is 17.8 Å². The predicted molar refractivity (Wildman–Crippen MR) is 132 cm³/mol. The van der Waals surface area contributed by atoms with E-state index in [1.54, 1.807) is 0 Å². The molecule has 7 aliphatic rings. The van der Waals surface area contributed by atoms with Crippen LogP contribution in [0.4, 0.5) is 0 Å². The van der Waals surface area contributed by atoms with Gasteiger partial charge in [-0.25, -0.2) is 0 Å². The lowest BCUT2D eigenvalue weighted by Gasteiger charge is -2.63. The first-order valence-electron chi connectivity index (χ1n) is 14.6. The Morgan fingerprint density at radius 3 is 2.20 bits per heavy atom. The maximum absolute atomic E-state index is 12.5. The highest BCUT2D eigenvalue weighted by molar-refractivity contribution is 5.34. The number of fused-ring (bicyclic) bond motifs is 4. The highest BCUT2D eigenvalue weighted by Gasteiger charge is 2.88. The zero-order valence-electron chi connectivity index (χ0n) is 22.9. The van der Waals surface area contributed by atoms with Crippen LogP contribution in [0, 0.1) is 50.7 Å². The molecule has 5 nitrogen and oxygen atoms in total. The predicted octanol–water partition coefficient (Wildman–Crippen LogP) is 4.66. The van der Waals surface area contributed by atoms with Crippen molar-refractivity contribution >= 4 is 0 Å². The zero-order chi connectivity index (χ0) is 25.2. The summed E-state index contributed by atoms with van der Waals surface area (Å²) in [5.41, 5.74) is -0.788. The fourth-order valence-corrected chi connectivity index (χ4v) is 12.7. The van der Waals surface area contributed by atoms with Crippen LogP contribution < -0.4 is 0 Å². The van der Waals surface area contributed by atoms with Gasteiger partial charge in [0.2, 0.25) is 0 Å². The van der Waals surface area contributed by atoms with Gasteiger partial charge < -0.3 is 24.8 Å². The average Bonchev–Trinajstić information content (AvgIpc) is 3.28. The van der Waals surface area contributed by atoms with Gasteiger partial charge in [-0.1, -0.05) is 34.6 Å². The molecule has 7 fully saturated rings. The van der Waals surface area contributed by atoms with Crippen LogP contribution in [0.2, 0.25) is 0 Å². The lowest BCUT2D eigenvalue weighted by molar-refractivity contribution is -0.282. The first kappa shape index (κ1) is 23.9. The molecule has 0 amide bonds. The van der Waals surface area contributed by atoms with E-state index < -0.39 is 23.6 Å². The van der Waals surface area contributed by atoms with Gasteiger partial charge in [0.25, 0.3) is 0 Å². The SMILES string of the molecule is C[C@@H]1C[C@H]2O[C@@]3(O[C@H]2C(C)(C)O)[C@@H](O)[C@@]2(C)[C@@H]4CC[C@H]5C(C)(C)[C@@H](O)CC[C@@]56C[C@@]46CC[C@]2(C)[C@@H]13. The second kappa shape index (κ2) is 6.33. The fourth-order valence-electron chi connectivity index (χ4n) is 12.7. The lowest BCUT2D eigenvalue weighted by atomic mass is 9.41. The third kappa shape index (κ3) is 2.30. The van der Waals surface area contributed by atoms with Crippen LogP contribution in [0.3, 0.4) is 0 Å². The van der Waals surface area contributed by atoms with Crippen molar-refractivity contribution in [1.82, 2.24) is 0 Å². The minimum absolute atomic E-state index is 0.0331. The Balaban J connectivity index is 1.33. The molecule has 198 valence electrons. The average molecular weight is 489 g/mol. The third-order valence-corrected chi connectivity index (χ3v) is 14.2. The minimum Gasteiger partial charge on any atom is -0.393 e. The Hall–Kier alpha value is -0.200. The fraction of sp³-hybridized carbons (Fsp3) is 1.00. The van der Waals surface area contributed by atoms with Gasteiger partial charge in [-0.05, 0) is 105 Å². The van der Waals surface area contributed by atoms with Gasteiger partial charge in [0, 0.05) is 11.3 Å². The van der Waals surface area contributed by atoms with Gasteiger partial charge in [0.1, 0.15) is 12.2 Å². The van der Waals surface area contributed by atoms with Crippen LogP contribution in [-0.4, -0.2) is 51.1 Å². The van der Waals surface area contributed by atoms with Crippen LogP contribution in [-0.2, 0) is 9.47 Å². The van der Waals surface area contributed by atoms with Gasteiger partial charge in [0.15, 0.2) is 5.79 Å². The summed E-state index contributed by atoms with van der Waals surface area (Å²) in [6.07, 6.45) is 7.36. The first-order valence-corrected chi connectivity index (χ1v) is 14.6. The van der Waals surface area contributed by atoms with Gasteiger partial charge in [-0.15, -0.1) is 0 Å². The molecule has 3 N–H and O–H groups in total. The molecule has 13 atom stereocenters. The maximum Gasteiger partial charge on any atom is 0.199 e. The topological polar surface area (TPSA) is 79.2 Å². The van der Waals surface area contributed by atoms with Crippen molar-refractivity contribution in [3.8, 4) is 0 Å². The van der Waals surface area contributed by atoms with E-state index in [2.05, 4.69) is 34.6 Å². The van der Waals surface area contributed by atoms with Crippen LogP contribution in [0.5, 0.6) is 0 Å². The smallest absolute Gasteiger partial charge is 0.199 e. The molecular formula is C30H48O5. The van der Waals surface area contributed by atoms with Gasteiger partial charge in [-0.3, -0.25) is 0 Å². The number of aliphatic hydroxyl groups excluding tert-OH is 2. The quantitative estimate of drug-likeness (QED) is 0.500. The molecule has 3 spiro atoms. The molecule has 0 aromatic carbocycles. The summed E-state index contributed by atoms with van der Waals surface area (Å²) in [6.45, 7) is 15.4. The normalized spacial score (nSPS) is 63.9. The van der Waals surface area contributed by atoms with Crippen molar-refractivity contribution in [3.05, 3.63) is 0 Å². The summed E-state index contributed by atoms with van der Waals surface area (Å²) in [7, 11) is 0. The van der Waals surface area contributed by atoms with Crippen molar-refractivity contribution in [3.63, 3.8) is 0 Å². The van der Waals surface area contributed by atoms with Crippen LogP contribution in [0.1, 0.15) is 99.8 Å². The van der Waals surface area contributed by atoms with Gasteiger partial charge in [-0.2, -0.15) is 0 Å². The van der Waals surface area contributed by atoms with Crippen LogP contribution in [0.25, 0.3) is 0 Å². The van der Waals surface area contributed by atoms with E-state index in [1.807, 2.05) is 13.8 Å². The van der Waals surface area contributed by atoms with Crippen LogP contribution in [0.15, 0.2) is 0 Å². The Labute approximate surface area is 211 Å². The van der Waals surface area contributed by atoms with E-state index in [-0.39, 0.29) is 39.8 Å². The van der Waals surface area contributed by atoms with E-state index >= 15 is 0 Å². The molecule has 0 aromatic rings. The summed E-state index contributed by atoms with van der Waals surface area (Å²) in [5, 5.41) is 34.4. The summed E-state index contributed by atoms with van der Waals surface area (Å²) in [5.74, 6) is 0.523. The molecule has 35 heavy (non-hydrogen) atoms. The molecular weight excluding hydrogens is 440 g/mol. The maximum atomic E-state index is 12.5. The largest absolute Gasteiger partial charge is 0.393 e. The third-order valence-electron chi connectivity index (χ3n) is 14.2. The lowest BCUT2D eigenvalue weighted by Crippen LogP contribution is -2.60. The Bertz CT molecular complexity index is 957. The van der Waals surface area contributed by atoms with E-state index in [1.165, 1.54) is 12.8 Å². The Kier molecular flexibility index (Phi) is 4.32. The zero-order valence-corrected chi connectivity index (χ0v) is 22.9. The van der Waals surface area contributed by atoms with E-state index in [9.17, 15) is 15.3 Å².